The van der Waals surface area contributed by atoms with E-state index < -0.39 is 0 Å². The summed E-state index contributed by atoms with van der Waals surface area (Å²) in [4.78, 5) is 11.2. The number of H-pyrrole nitrogens is 1. The highest BCUT2D eigenvalue weighted by atomic mass is 19.1. The smallest absolute Gasteiger partial charge is 0.156 e. The number of nitrogens with one attached hydrogen (secondary N) is 3. The summed E-state index contributed by atoms with van der Waals surface area (Å²) in [5, 5.41) is 13.6. The molecular weight excluding hydrogens is 357 g/mol. The molecule has 1 aromatic carbocycles. The minimum absolute atomic E-state index is 0.263. The molecule has 7 nitrogen and oxygen atoms in total. The minimum Gasteiger partial charge on any atom is -0.369 e. The Balaban J connectivity index is 1.81. The summed E-state index contributed by atoms with van der Waals surface area (Å²) in [6, 6.07) is 10.00. The molecule has 0 radical (unpaired) electrons. The number of hydrogen-bond donors (Lipinski definition) is 3. The molecule has 0 saturated heterocycles. The normalized spacial score (nSPS) is 11.3. The number of aromatic nitrogens is 4. The van der Waals surface area contributed by atoms with E-state index >= 15 is 0 Å². The van der Waals surface area contributed by atoms with Gasteiger partial charge in [-0.15, -0.1) is 0 Å². The van der Waals surface area contributed by atoms with Gasteiger partial charge in [-0.05, 0) is 44.8 Å². The number of halogens is 1. The number of hydrogen-bond acceptors (Lipinski definition) is 6. The van der Waals surface area contributed by atoms with Gasteiger partial charge in [-0.3, -0.25) is 5.10 Å². The molecule has 0 aliphatic heterocycles. The van der Waals surface area contributed by atoms with Crippen LogP contribution in [0.5, 0.6) is 0 Å². The second-order valence-electron chi connectivity index (χ2n) is 6.67. The zero-order valence-corrected chi connectivity index (χ0v) is 16.2. The first-order chi connectivity index (χ1) is 13.5. The van der Waals surface area contributed by atoms with E-state index in [0.717, 1.165) is 24.3 Å². The maximum atomic E-state index is 13.1. The lowest BCUT2D eigenvalue weighted by Crippen LogP contribution is -2.21. The maximum Gasteiger partial charge on any atom is 0.156 e. The number of benzene rings is 1. The Labute approximate surface area is 163 Å². The summed E-state index contributed by atoms with van der Waals surface area (Å²) >= 11 is 0. The monoisotopic (exact) mass is 381 g/mol. The molecule has 2 heterocycles. The summed E-state index contributed by atoms with van der Waals surface area (Å²) in [7, 11) is 4.04. The van der Waals surface area contributed by atoms with E-state index in [0.29, 0.717) is 23.3 Å². The van der Waals surface area contributed by atoms with E-state index in [1.807, 2.05) is 39.2 Å². The molecule has 2 aromatic heterocycles. The van der Waals surface area contributed by atoms with Gasteiger partial charge in [0.1, 0.15) is 17.5 Å². The van der Waals surface area contributed by atoms with Crippen LogP contribution in [0.4, 0.5) is 21.8 Å². The van der Waals surface area contributed by atoms with Crippen molar-refractivity contribution in [1.82, 2.24) is 25.1 Å². The van der Waals surface area contributed by atoms with Gasteiger partial charge in [-0.25, -0.2) is 14.4 Å². The van der Waals surface area contributed by atoms with Crippen LogP contribution >= 0.6 is 0 Å². The van der Waals surface area contributed by atoms with Gasteiger partial charge in [-0.2, -0.15) is 5.10 Å². The first-order valence-corrected chi connectivity index (χ1v) is 8.98. The van der Waals surface area contributed by atoms with Gasteiger partial charge in [0.15, 0.2) is 11.6 Å². The highest BCUT2D eigenvalue weighted by Crippen LogP contribution is 2.18. The molecule has 0 aliphatic carbocycles. The molecule has 0 saturated carbocycles. The van der Waals surface area contributed by atoms with Gasteiger partial charge in [0.25, 0.3) is 0 Å². The van der Waals surface area contributed by atoms with Crippen LogP contribution in [0, 0.1) is 12.7 Å². The van der Waals surface area contributed by atoms with Crippen LogP contribution in [0.15, 0.2) is 36.4 Å². The van der Waals surface area contributed by atoms with E-state index in [9.17, 15) is 4.39 Å². The summed E-state index contributed by atoms with van der Waals surface area (Å²) in [6.45, 7) is 3.57. The molecule has 0 fully saturated rings. The SMILES string of the molecule is Cc1cc(Nc2cc(NCCN(C)C)nc(C=Cc3ccc(F)cc3)n2)n[nH]1. The van der Waals surface area contributed by atoms with E-state index in [1.165, 1.54) is 12.1 Å². The molecule has 0 atom stereocenters. The number of anilines is 3. The standard InChI is InChI=1S/C20H24FN7/c1-14-12-20(27-26-14)25-19-13-18(22-10-11-28(2)3)23-17(24-19)9-6-15-4-7-16(21)8-5-15/h4-9,12-13H,10-11H2,1-3H3,(H3,22,23,24,25,26,27). The van der Waals surface area contributed by atoms with E-state index in [-0.39, 0.29) is 5.82 Å². The van der Waals surface area contributed by atoms with Crippen molar-refractivity contribution < 1.29 is 4.39 Å². The molecule has 8 heteroatoms. The van der Waals surface area contributed by atoms with Crippen LogP contribution in [-0.2, 0) is 0 Å². The molecule has 3 N–H and O–H groups in total. The molecule has 0 amide bonds. The van der Waals surface area contributed by atoms with Crippen LogP contribution < -0.4 is 10.6 Å². The first-order valence-electron chi connectivity index (χ1n) is 8.98. The predicted molar refractivity (Wildman–Crippen MR) is 111 cm³/mol. The van der Waals surface area contributed by atoms with Gasteiger partial charge in [0.05, 0.1) is 0 Å². The lowest BCUT2D eigenvalue weighted by Gasteiger charge is -2.12. The van der Waals surface area contributed by atoms with Crippen molar-refractivity contribution in [3.8, 4) is 0 Å². The van der Waals surface area contributed by atoms with Crippen LogP contribution in [0.3, 0.4) is 0 Å². The molecule has 0 bridgehead atoms. The summed E-state index contributed by atoms with van der Waals surface area (Å²) in [5.41, 5.74) is 1.82. The van der Waals surface area contributed by atoms with Crippen LogP contribution in [0.1, 0.15) is 17.1 Å². The van der Waals surface area contributed by atoms with E-state index in [1.54, 1.807) is 18.2 Å². The van der Waals surface area contributed by atoms with Crippen molar-refractivity contribution in [2.75, 3.05) is 37.8 Å². The summed E-state index contributed by atoms with van der Waals surface area (Å²) in [6.07, 6.45) is 3.65. The fourth-order valence-corrected chi connectivity index (χ4v) is 2.46. The number of nitrogens with zero attached hydrogens (tertiary/aromatic N) is 4. The molecule has 146 valence electrons. The zero-order chi connectivity index (χ0) is 19.9. The summed E-state index contributed by atoms with van der Waals surface area (Å²) < 4.78 is 13.1. The van der Waals surface area contributed by atoms with Gasteiger partial charge < -0.3 is 15.5 Å². The van der Waals surface area contributed by atoms with E-state index in [4.69, 9.17) is 0 Å². The van der Waals surface area contributed by atoms with Crippen molar-refractivity contribution in [3.63, 3.8) is 0 Å². The lowest BCUT2D eigenvalue weighted by atomic mass is 10.2. The molecule has 0 aliphatic rings. The topological polar surface area (TPSA) is 81.8 Å². The van der Waals surface area contributed by atoms with Gasteiger partial charge in [0.2, 0.25) is 0 Å². The average Bonchev–Trinajstić information content (AvgIpc) is 3.05. The molecular formula is C20H24FN7. The number of likely N-dealkylation sites (N-methyl/N-ethyl adjacent to an activating group) is 1. The number of aryl methyl sites for hydroxylation is 1. The van der Waals surface area contributed by atoms with Crippen molar-refractivity contribution in [3.05, 3.63) is 59.3 Å². The zero-order valence-electron chi connectivity index (χ0n) is 16.2. The number of aromatic amines is 1. The predicted octanol–water partition coefficient (Wildman–Crippen LogP) is 3.53. The van der Waals surface area contributed by atoms with Gasteiger partial charge in [0, 0.05) is 30.9 Å². The van der Waals surface area contributed by atoms with Gasteiger partial charge >= 0.3 is 0 Å². The van der Waals surface area contributed by atoms with Crippen molar-refractivity contribution >= 4 is 29.6 Å². The Kier molecular flexibility index (Phi) is 6.33. The van der Waals surface area contributed by atoms with Crippen molar-refractivity contribution in [1.29, 1.82) is 0 Å². The fourth-order valence-electron chi connectivity index (χ4n) is 2.46. The van der Waals surface area contributed by atoms with Crippen molar-refractivity contribution in [2.24, 2.45) is 0 Å². The minimum atomic E-state index is -0.263. The molecule has 3 aromatic rings. The van der Waals surface area contributed by atoms with E-state index in [2.05, 4.69) is 35.7 Å². The third kappa shape index (κ3) is 5.88. The molecule has 0 unspecified atom stereocenters. The maximum absolute atomic E-state index is 13.1. The van der Waals surface area contributed by atoms with Crippen LogP contribution in [0.2, 0.25) is 0 Å². The Morgan fingerprint density at radius 1 is 1.04 bits per heavy atom. The van der Waals surface area contributed by atoms with Crippen molar-refractivity contribution in [2.45, 2.75) is 6.92 Å². The Bertz CT molecular complexity index is 932. The average molecular weight is 381 g/mol. The highest BCUT2D eigenvalue weighted by Gasteiger charge is 2.06. The third-order valence-electron chi connectivity index (χ3n) is 3.87. The Hall–Kier alpha value is -3.26. The second-order valence-corrected chi connectivity index (χ2v) is 6.67. The first kappa shape index (κ1) is 19.5. The van der Waals surface area contributed by atoms with Crippen LogP contribution in [-0.4, -0.2) is 52.3 Å². The second kappa shape index (κ2) is 9.09. The molecule has 0 spiro atoms. The number of rotatable bonds is 8. The van der Waals surface area contributed by atoms with Crippen LogP contribution in [0.25, 0.3) is 12.2 Å². The highest BCUT2D eigenvalue weighted by molar-refractivity contribution is 5.68. The Morgan fingerprint density at radius 3 is 2.46 bits per heavy atom. The quantitative estimate of drug-likeness (QED) is 0.554. The largest absolute Gasteiger partial charge is 0.369 e. The molecule has 3 rings (SSSR count). The lowest BCUT2D eigenvalue weighted by molar-refractivity contribution is 0.425. The molecule has 28 heavy (non-hydrogen) atoms. The Morgan fingerprint density at radius 2 is 1.79 bits per heavy atom. The third-order valence-corrected chi connectivity index (χ3v) is 3.87. The van der Waals surface area contributed by atoms with Gasteiger partial charge in [-0.1, -0.05) is 18.2 Å². The fraction of sp³-hybridized carbons (Fsp3) is 0.250. The summed E-state index contributed by atoms with van der Waals surface area (Å²) in [5.74, 6) is 2.30.